The summed E-state index contributed by atoms with van der Waals surface area (Å²) in [5.41, 5.74) is 5.35. The number of aryl methyl sites for hydroxylation is 1. The highest BCUT2D eigenvalue weighted by Gasteiger charge is 2.15. The second kappa shape index (κ2) is 7.95. The molecule has 0 unspecified atom stereocenters. The number of hydrogen-bond donors (Lipinski definition) is 0. The molecule has 0 saturated heterocycles. The van der Waals surface area contributed by atoms with Crippen molar-refractivity contribution in [1.29, 1.82) is 5.26 Å². The van der Waals surface area contributed by atoms with Gasteiger partial charge in [-0.25, -0.2) is 9.78 Å². The van der Waals surface area contributed by atoms with Crippen molar-refractivity contribution < 1.29 is 9.53 Å². The maximum atomic E-state index is 12.9. The third-order valence-electron chi connectivity index (χ3n) is 4.71. The molecule has 4 aromatic rings. The van der Waals surface area contributed by atoms with E-state index in [0.717, 1.165) is 33.3 Å². The quantitative estimate of drug-likeness (QED) is 0.444. The van der Waals surface area contributed by atoms with Gasteiger partial charge in [0.25, 0.3) is 0 Å². The molecule has 4 rings (SSSR count). The van der Waals surface area contributed by atoms with Gasteiger partial charge in [-0.3, -0.25) is 0 Å². The van der Waals surface area contributed by atoms with E-state index >= 15 is 0 Å². The molecule has 0 bridgehead atoms. The third-order valence-corrected chi connectivity index (χ3v) is 4.71. The summed E-state index contributed by atoms with van der Waals surface area (Å²) in [7, 11) is 0. The number of nitriles is 1. The molecule has 4 heteroatoms. The highest BCUT2D eigenvalue weighted by molar-refractivity contribution is 6.04. The average Bonchev–Trinajstić information content (AvgIpc) is 2.77. The Morgan fingerprint density at radius 2 is 1.79 bits per heavy atom. The van der Waals surface area contributed by atoms with Gasteiger partial charge in [0.05, 0.1) is 28.4 Å². The van der Waals surface area contributed by atoms with Crippen LogP contribution in [0, 0.1) is 18.3 Å². The molecular weight excluding hydrogens is 360 g/mol. The molecule has 0 aliphatic carbocycles. The fraction of sp³-hybridized carbons (Fsp3) is 0.0800. The van der Waals surface area contributed by atoms with Gasteiger partial charge in [-0.2, -0.15) is 5.26 Å². The zero-order valence-corrected chi connectivity index (χ0v) is 15.9. The van der Waals surface area contributed by atoms with E-state index in [-0.39, 0.29) is 6.61 Å². The molecular formula is C25H18N2O2. The van der Waals surface area contributed by atoms with Crippen molar-refractivity contribution in [1.82, 2.24) is 4.98 Å². The number of fused-ring (bicyclic) bond motifs is 1. The standard InChI is InChI=1S/C25H18N2O2/c1-17-9-11-20(12-10-17)24-14-22(21-7-2-3-8-23(21)27-24)25(28)29-16-19-6-4-5-18(13-19)15-26/h2-14H,16H2,1H3. The fourth-order valence-corrected chi connectivity index (χ4v) is 3.17. The highest BCUT2D eigenvalue weighted by Crippen LogP contribution is 2.26. The zero-order chi connectivity index (χ0) is 20.2. The van der Waals surface area contributed by atoms with E-state index in [1.165, 1.54) is 0 Å². The molecule has 0 radical (unpaired) electrons. The van der Waals surface area contributed by atoms with Gasteiger partial charge in [-0.1, -0.05) is 60.2 Å². The van der Waals surface area contributed by atoms with Crippen LogP contribution in [0.3, 0.4) is 0 Å². The van der Waals surface area contributed by atoms with Gasteiger partial charge >= 0.3 is 5.97 Å². The van der Waals surface area contributed by atoms with Crippen LogP contribution in [0.5, 0.6) is 0 Å². The summed E-state index contributed by atoms with van der Waals surface area (Å²) in [6, 6.07) is 26.5. The van der Waals surface area contributed by atoms with E-state index in [2.05, 4.69) is 6.07 Å². The summed E-state index contributed by atoms with van der Waals surface area (Å²) in [6.45, 7) is 2.13. The summed E-state index contributed by atoms with van der Waals surface area (Å²) in [6.07, 6.45) is 0. The van der Waals surface area contributed by atoms with Crippen molar-refractivity contribution in [2.75, 3.05) is 0 Å². The van der Waals surface area contributed by atoms with Gasteiger partial charge < -0.3 is 4.74 Å². The molecule has 0 aliphatic rings. The smallest absolute Gasteiger partial charge is 0.339 e. The molecule has 0 N–H and O–H groups in total. The van der Waals surface area contributed by atoms with Gasteiger partial charge in [0.2, 0.25) is 0 Å². The molecule has 0 spiro atoms. The average molecular weight is 378 g/mol. The van der Waals surface area contributed by atoms with Crippen molar-refractivity contribution in [3.63, 3.8) is 0 Å². The summed E-state index contributed by atoms with van der Waals surface area (Å²) < 4.78 is 5.56. The lowest BCUT2D eigenvalue weighted by atomic mass is 10.0. The fourth-order valence-electron chi connectivity index (χ4n) is 3.17. The lowest BCUT2D eigenvalue weighted by molar-refractivity contribution is 0.0475. The highest BCUT2D eigenvalue weighted by atomic mass is 16.5. The van der Waals surface area contributed by atoms with Crippen LogP contribution < -0.4 is 0 Å². The van der Waals surface area contributed by atoms with E-state index in [9.17, 15) is 4.79 Å². The maximum Gasteiger partial charge on any atom is 0.339 e. The summed E-state index contributed by atoms with van der Waals surface area (Å²) >= 11 is 0. The Labute approximate surface area is 169 Å². The van der Waals surface area contributed by atoms with Crippen LogP contribution in [-0.2, 0) is 11.3 Å². The topological polar surface area (TPSA) is 63.0 Å². The number of pyridine rings is 1. The minimum absolute atomic E-state index is 0.102. The van der Waals surface area contributed by atoms with E-state index in [4.69, 9.17) is 15.0 Å². The number of rotatable bonds is 4. The minimum atomic E-state index is -0.417. The molecule has 29 heavy (non-hydrogen) atoms. The number of hydrogen-bond acceptors (Lipinski definition) is 4. The van der Waals surface area contributed by atoms with Crippen LogP contribution in [0.2, 0.25) is 0 Å². The van der Waals surface area contributed by atoms with Crippen molar-refractivity contribution in [3.05, 3.63) is 101 Å². The van der Waals surface area contributed by atoms with Crippen LogP contribution >= 0.6 is 0 Å². The Hall–Kier alpha value is -3.97. The lowest BCUT2D eigenvalue weighted by Gasteiger charge is -2.10. The molecule has 3 aromatic carbocycles. The first-order valence-corrected chi connectivity index (χ1v) is 9.27. The zero-order valence-electron chi connectivity index (χ0n) is 15.9. The summed E-state index contributed by atoms with van der Waals surface area (Å²) in [4.78, 5) is 17.6. The summed E-state index contributed by atoms with van der Waals surface area (Å²) in [5.74, 6) is -0.417. The maximum absolute atomic E-state index is 12.9. The minimum Gasteiger partial charge on any atom is -0.457 e. The molecule has 0 atom stereocenters. The molecule has 0 aliphatic heterocycles. The van der Waals surface area contributed by atoms with Crippen LogP contribution in [0.15, 0.2) is 78.9 Å². The second-order valence-electron chi connectivity index (χ2n) is 6.83. The van der Waals surface area contributed by atoms with Crippen LogP contribution in [0.1, 0.15) is 27.0 Å². The SMILES string of the molecule is Cc1ccc(-c2cc(C(=O)OCc3cccc(C#N)c3)c3ccccc3n2)cc1. The number of esters is 1. The lowest BCUT2D eigenvalue weighted by Crippen LogP contribution is -2.07. The Bertz CT molecular complexity index is 1240. The molecule has 1 heterocycles. The summed E-state index contributed by atoms with van der Waals surface area (Å²) in [5, 5.41) is 9.78. The van der Waals surface area contributed by atoms with Gasteiger partial charge in [-0.05, 0) is 36.8 Å². The molecule has 140 valence electrons. The number of benzene rings is 3. The van der Waals surface area contributed by atoms with E-state index in [1.54, 1.807) is 24.3 Å². The van der Waals surface area contributed by atoms with Crippen LogP contribution in [-0.4, -0.2) is 11.0 Å². The number of carbonyl (C=O) groups excluding carboxylic acids is 1. The predicted molar refractivity (Wildman–Crippen MR) is 112 cm³/mol. The number of ether oxygens (including phenoxy) is 1. The van der Waals surface area contributed by atoms with Crippen molar-refractivity contribution >= 4 is 16.9 Å². The van der Waals surface area contributed by atoms with Gasteiger partial charge in [0, 0.05) is 10.9 Å². The first-order valence-electron chi connectivity index (χ1n) is 9.27. The Balaban J connectivity index is 1.68. The first-order chi connectivity index (χ1) is 14.1. The van der Waals surface area contributed by atoms with Gasteiger partial charge in [0.15, 0.2) is 0 Å². The third kappa shape index (κ3) is 3.99. The van der Waals surface area contributed by atoms with E-state index in [0.29, 0.717) is 11.1 Å². The first kappa shape index (κ1) is 18.4. The molecule has 0 saturated carbocycles. The second-order valence-corrected chi connectivity index (χ2v) is 6.83. The predicted octanol–water partition coefficient (Wildman–Crippen LogP) is 5.44. The van der Waals surface area contributed by atoms with Gasteiger partial charge in [0.1, 0.15) is 6.61 Å². The normalized spacial score (nSPS) is 10.5. The number of carbonyl (C=O) groups is 1. The Kier molecular flexibility index (Phi) is 5.05. The largest absolute Gasteiger partial charge is 0.457 e. The molecule has 4 nitrogen and oxygen atoms in total. The van der Waals surface area contributed by atoms with E-state index in [1.807, 2.05) is 61.5 Å². The number of para-hydroxylation sites is 1. The molecule has 0 amide bonds. The van der Waals surface area contributed by atoms with Crippen molar-refractivity contribution in [2.24, 2.45) is 0 Å². The number of aromatic nitrogens is 1. The van der Waals surface area contributed by atoms with Gasteiger partial charge in [-0.15, -0.1) is 0 Å². The number of nitrogens with zero attached hydrogens (tertiary/aromatic N) is 2. The molecule has 0 fully saturated rings. The van der Waals surface area contributed by atoms with E-state index < -0.39 is 5.97 Å². The Morgan fingerprint density at radius 3 is 2.59 bits per heavy atom. The monoisotopic (exact) mass is 378 g/mol. The van der Waals surface area contributed by atoms with Crippen LogP contribution in [0.25, 0.3) is 22.2 Å². The van der Waals surface area contributed by atoms with Crippen molar-refractivity contribution in [2.45, 2.75) is 13.5 Å². The van der Waals surface area contributed by atoms with Crippen LogP contribution in [0.4, 0.5) is 0 Å². The Morgan fingerprint density at radius 1 is 1.00 bits per heavy atom. The molecule has 1 aromatic heterocycles. The van der Waals surface area contributed by atoms with Crippen molar-refractivity contribution in [3.8, 4) is 17.3 Å².